The maximum absolute atomic E-state index is 12.1. The maximum Gasteiger partial charge on any atom is 0.341 e. The molecule has 26 heavy (non-hydrogen) atoms. The lowest BCUT2D eigenvalue weighted by Crippen LogP contribution is -2.22. The second-order valence-electron chi connectivity index (χ2n) is 6.31. The topological polar surface area (TPSA) is 84.3 Å². The molecule has 0 saturated carbocycles. The number of hydrogen-bond donors (Lipinski definition) is 2. The fraction of sp³-hybridized carbons (Fsp3) is 0.300. The third kappa shape index (κ3) is 3.79. The predicted molar refractivity (Wildman–Crippen MR) is 98.0 cm³/mol. The van der Waals surface area contributed by atoms with Crippen LogP contribution in [0.25, 0.3) is 10.9 Å². The van der Waals surface area contributed by atoms with E-state index in [1.807, 2.05) is 12.3 Å². The smallest absolute Gasteiger partial charge is 0.341 e. The highest BCUT2D eigenvalue weighted by Crippen LogP contribution is 2.21. The van der Waals surface area contributed by atoms with Crippen LogP contribution in [-0.4, -0.2) is 24.0 Å². The molecule has 136 valence electrons. The molecule has 3 aromatic rings. The van der Waals surface area contributed by atoms with E-state index in [1.54, 1.807) is 13.0 Å². The van der Waals surface area contributed by atoms with Crippen LogP contribution in [-0.2, 0) is 22.5 Å². The average molecular weight is 354 g/mol. The molecule has 1 aromatic carbocycles. The van der Waals surface area contributed by atoms with Crippen molar-refractivity contribution in [2.45, 2.75) is 33.2 Å². The molecule has 6 heteroatoms. The highest BCUT2D eigenvalue weighted by atomic mass is 16.5. The second-order valence-corrected chi connectivity index (χ2v) is 6.31. The molecule has 0 saturated heterocycles. The summed E-state index contributed by atoms with van der Waals surface area (Å²) in [5.41, 5.74) is 3.77. The zero-order chi connectivity index (χ0) is 18.7. The number of fused-ring (bicyclic) bond motifs is 1. The number of H-pyrrole nitrogens is 1. The van der Waals surface area contributed by atoms with E-state index in [4.69, 9.17) is 9.15 Å². The molecule has 2 aromatic heterocycles. The third-order valence-corrected chi connectivity index (χ3v) is 4.38. The molecule has 0 atom stereocenters. The lowest BCUT2D eigenvalue weighted by Gasteiger charge is -2.03. The monoisotopic (exact) mass is 354 g/mol. The van der Waals surface area contributed by atoms with Crippen LogP contribution in [0.1, 0.15) is 39.4 Å². The van der Waals surface area contributed by atoms with Crippen molar-refractivity contribution in [3.05, 3.63) is 58.7 Å². The SMILES string of the molecule is COC(=O)c1cc(CNC(=O)CCc2c[nH]c3ccc(C)cc23)oc1C. The summed E-state index contributed by atoms with van der Waals surface area (Å²) in [6.07, 6.45) is 2.99. The summed E-state index contributed by atoms with van der Waals surface area (Å²) in [5.74, 6) is 0.494. The van der Waals surface area contributed by atoms with Crippen molar-refractivity contribution >= 4 is 22.8 Å². The number of carbonyl (C=O) groups excluding carboxylic acids is 2. The van der Waals surface area contributed by atoms with Gasteiger partial charge in [0.2, 0.25) is 5.91 Å². The third-order valence-electron chi connectivity index (χ3n) is 4.38. The molecule has 0 bridgehead atoms. The second kappa shape index (κ2) is 7.47. The Morgan fingerprint density at radius 3 is 2.81 bits per heavy atom. The number of aromatic nitrogens is 1. The number of esters is 1. The Hall–Kier alpha value is -3.02. The number of nitrogens with one attached hydrogen (secondary N) is 2. The van der Waals surface area contributed by atoms with Crippen molar-refractivity contribution < 1.29 is 18.7 Å². The number of furan rings is 1. The van der Waals surface area contributed by atoms with Gasteiger partial charge < -0.3 is 19.5 Å². The number of aryl methyl sites for hydroxylation is 3. The van der Waals surface area contributed by atoms with Gasteiger partial charge >= 0.3 is 5.97 Å². The number of benzene rings is 1. The van der Waals surface area contributed by atoms with Crippen LogP contribution < -0.4 is 5.32 Å². The maximum atomic E-state index is 12.1. The Morgan fingerprint density at radius 2 is 2.04 bits per heavy atom. The van der Waals surface area contributed by atoms with Gasteiger partial charge in [0.05, 0.1) is 13.7 Å². The first kappa shape index (κ1) is 17.8. The lowest BCUT2D eigenvalue weighted by molar-refractivity contribution is -0.121. The Balaban J connectivity index is 1.56. The van der Waals surface area contributed by atoms with Crippen LogP contribution in [0.3, 0.4) is 0 Å². The van der Waals surface area contributed by atoms with Crippen LogP contribution in [0.2, 0.25) is 0 Å². The van der Waals surface area contributed by atoms with Gasteiger partial charge in [-0.15, -0.1) is 0 Å². The van der Waals surface area contributed by atoms with Crippen LogP contribution >= 0.6 is 0 Å². The van der Waals surface area contributed by atoms with E-state index in [0.29, 0.717) is 29.9 Å². The minimum atomic E-state index is -0.446. The van der Waals surface area contributed by atoms with Crippen molar-refractivity contribution in [2.24, 2.45) is 0 Å². The van der Waals surface area contributed by atoms with Crippen LogP contribution in [0.4, 0.5) is 0 Å². The van der Waals surface area contributed by atoms with E-state index in [1.165, 1.54) is 12.7 Å². The number of rotatable bonds is 6. The first-order valence-corrected chi connectivity index (χ1v) is 8.49. The zero-order valence-electron chi connectivity index (χ0n) is 15.1. The molecule has 2 heterocycles. The molecule has 0 radical (unpaired) electrons. The molecule has 0 aliphatic heterocycles. The minimum absolute atomic E-state index is 0.0688. The highest BCUT2D eigenvalue weighted by molar-refractivity contribution is 5.90. The van der Waals surface area contributed by atoms with Crippen LogP contribution in [0, 0.1) is 13.8 Å². The average Bonchev–Trinajstić information content (AvgIpc) is 3.20. The molecule has 6 nitrogen and oxygen atoms in total. The van der Waals surface area contributed by atoms with Crippen molar-refractivity contribution in [2.75, 3.05) is 7.11 Å². The van der Waals surface area contributed by atoms with Gasteiger partial charge in [0, 0.05) is 23.5 Å². The molecule has 0 fully saturated rings. The van der Waals surface area contributed by atoms with E-state index >= 15 is 0 Å². The highest BCUT2D eigenvalue weighted by Gasteiger charge is 2.15. The summed E-state index contributed by atoms with van der Waals surface area (Å²) in [5, 5.41) is 3.98. The van der Waals surface area contributed by atoms with E-state index in [9.17, 15) is 9.59 Å². The van der Waals surface area contributed by atoms with Gasteiger partial charge in [-0.05, 0) is 44.0 Å². The predicted octanol–water partition coefficient (Wildman–Crippen LogP) is 3.41. The molecular weight excluding hydrogens is 332 g/mol. The standard InChI is InChI=1S/C20H22N2O4/c1-12-4-6-18-17(8-12)14(10-21-18)5-7-19(23)22-11-15-9-16(13(2)26-15)20(24)25-3/h4,6,8-10,21H,5,7,11H2,1-3H3,(H,22,23). The Kier molecular flexibility index (Phi) is 5.11. The summed E-state index contributed by atoms with van der Waals surface area (Å²) in [4.78, 5) is 27.0. The molecule has 3 rings (SSSR count). The number of carbonyl (C=O) groups is 2. The van der Waals surface area contributed by atoms with Crippen molar-refractivity contribution in [1.82, 2.24) is 10.3 Å². The first-order chi connectivity index (χ1) is 12.5. The molecule has 0 unspecified atom stereocenters. The van der Waals surface area contributed by atoms with E-state index in [-0.39, 0.29) is 12.5 Å². The van der Waals surface area contributed by atoms with Crippen LogP contribution in [0.15, 0.2) is 34.9 Å². The Morgan fingerprint density at radius 1 is 1.23 bits per heavy atom. The first-order valence-electron chi connectivity index (χ1n) is 8.49. The number of hydrogen-bond acceptors (Lipinski definition) is 4. The normalized spacial score (nSPS) is 10.9. The van der Waals surface area contributed by atoms with Gasteiger partial charge in [0.25, 0.3) is 0 Å². The number of amides is 1. The molecule has 0 aliphatic rings. The minimum Gasteiger partial charge on any atom is -0.465 e. The van der Waals surface area contributed by atoms with Crippen molar-refractivity contribution in [3.8, 4) is 0 Å². The fourth-order valence-electron chi connectivity index (χ4n) is 2.96. The number of aromatic amines is 1. The molecule has 1 amide bonds. The Labute approximate surface area is 151 Å². The lowest BCUT2D eigenvalue weighted by atomic mass is 10.1. The molecule has 0 spiro atoms. The van der Waals surface area contributed by atoms with Crippen LogP contribution in [0.5, 0.6) is 0 Å². The Bertz CT molecular complexity index is 952. The summed E-state index contributed by atoms with van der Waals surface area (Å²) in [6, 6.07) is 7.83. The van der Waals surface area contributed by atoms with Crippen molar-refractivity contribution in [1.29, 1.82) is 0 Å². The van der Waals surface area contributed by atoms with Gasteiger partial charge in [-0.2, -0.15) is 0 Å². The quantitative estimate of drug-likeness (QED) is 0.664. The van der Waals surface area contributed by atoms with Gasteiger partial charge in [-0.3, -0.25) is 4.79 Å². The van der Waals surface area contributed by atoms with E-state index in [0.717, 1.165) is 16.5 Å². The molecular formula is C20H22N2O4. The largest absolute Gasteiger partial charge is 0.465 e. The summed E-state index contributed by atoms with van der Waals surface area (Å²) in [7, 11) is 1.32. The summed E-state index contributed by atoms with van der Waals surface area (Å²) in [6.45, 7) is 3.98. The summed E-state index contributed by atoms with van der Waals surface area (Å²) < 4.78 is 10.2. The fourth-order valence-corrected chi connectivity index (χ4v) is 2.96. The van der Waals surface area contributed by atoms with Gasteiger partial charge in [0.1, 0.15) is 17.1 Å². The van der Waals surface area contributed by atoms with Gasteiger partial charge in [-0.25, -0.2) is 4.79 Å². The number of ether oxygens (including phenoxy) is 1. The van der Waals surface area contributed by atoms with E-state index < -0.39 is 5.97 Å². The molecule has 2 N–H and O–H groups in total. The summed E-state index contributed by atoms with van der Waals surface area (Å²) >= 11 is 0. The van der Waals surface area contributed by atoms with Gasteiger partial charge in [-0.1, -0.05) is 11.6 Å². The van der Waals surface area contributed by atoms with E-state index in [2.05, 4.69) is 29.4 Å². The van der Waals surface area contributed by atoms with Crippen molar-refractivity contribution in [3.63, 3.8) is 0 Å². The number of methoxy groups -OCH3 is 1. The molecule has 0 aliphatic carbocycles. The van der Waals surface area contributed by atoms with Gasteiger partial charge in [0.15, 0.2) is 0 Å². The zero-order valence-corrected chi connectivity index (χ0v) is 15.1.